The van der Waals surface area contributed by atoms with Crippen LogP contribution in [-0.4, -0.2) is 49.1 Å². The van der Waals surface area contributed by atoms with Crippen LogP contribution in [-0.2, 0) is 14.3 Å². The fourth-order valence-electron chi connectivity index (χ4n) is 1.72. The van der Waals surface area contributed by atoms with Gasteiger partial charge in [-0.05, 0) is 20.3 Å². The third-order valence-electron chi connectivity index (χ3n) is 2.59. The Kier molecular flexibility index (Phi) is 5.25. The largest absolute Gasteiger partial charge is 0.382 e. The molecule has 16 heavy (non-hydrogen) atoms. The first-order valence-electron chi connectivity index (χ1n) is 5.81. The number of carbonyl (C=O) groups excluding carboxylic acids is 2. The number of carbonyl (C=O) groups is 2. The highest BCUT2D eigenvalue weighted by Crippen LogP contribution is 2.04. The first-order valence-corrected chi connectivity index (χ1v) is 5.81. The molecule has 1 heterocycles. The fourth-order valence-corrected chi connectivity index (χ4v) is 1.72. The van der Waals surface area contributed by atoms with Crippen LogP contribution in [0.2, 0.25) is 0 Å². The van der Waals surface area contributed by atoms with Gasteiger partial charge in [-0.2, -0.15) is 0 Å². The molecule has 0 bridgehead atoms. The van der Waals surface area contributed by atoms with Crippen molar-refractivity contribution < 1.29 is 14.3 Å². The Balaban J connectivity index is 2.38. The van der Waals surface area contributed by atoms with Crippen molar-refractivity contribution >= 4 is 11.8 Å². The molecule has 0 aromatic rings. The molecule has 1 aliphatic heterocycles. The Labute approximate surface area is 96.1 Å². The monoisotopic (exact) mass is 228 g/mol. The van der Waals surface area contributed by atoms with E-state index in [-0.39, 0.29) is 11.8 Å². The summed E-state index contributed by atoms with van der Waals surface area (Å²) in [5.74, 6) is -0.0458. The van der Waals surface area contributed by atoms with E-state index in [0.29, 0.717) is 32.7 Å². The summed E-state index contributed by atoms with van der Waals surface area (Å²) in [7, 11) is 0. The topological polar surface area (TPSA) is 58.6 Å². The van der Waals surface area contributed by atoms with E-state index < -0.39 is 6.04 Å². The zero-order valence-electron chi connectivity index (χ0n) is 9.99. The summed E-state index contributed by atoms with van der Waals surface area (Å²) in [4.78, 5) is 24.8. The molecule has 0 aliphatic carbocycles. The quantitative estimate of drug-likeness (QED) is 0.681. The van der Waals surface area contributed by atoms with Gasteiger partial charge >= 0.3 is 0 Å². The molecule has 1 N–H and O–H groups in total. The number of hydrogen-bond acceptors (Lipinski definition) is 3. The van der Waals surface area contributed by atoms with E-state index in [9.17, 15) is 9.59 Å². The number of rotatable bonds is 5. The number of nitrogens with zero attached hydrogens (tertiary/aromatic N) is 1. The summed E-state index contributed by atoms with van der Waals surface area (Å²) < 4.78 is 5.22. The molecular weight excluding hydrogens is 208 g/mol. The smallest absolute Gasteiger partial charge is 0.244 e. The molecule has 5 heteroatoms. The summed E-state index contributed by atoms with van der Waals surface area (Å²) >= 11 is 0. The molecule has 1 atom stereocenters. The Bertz CT molecular complexity index is 256. The molecular formula is C11H20N2O3. The van der Waals surface area contributed by atoms with Crippen molar-refractivity contribution in [3.63, 3.8) is 0 Å². The third kappa shape index (κ3) is 3.81. The summed E-state index contributed by atoms with van der Waals surface area (Å²) in [5, 5.41) is 2.66. The molecule has 0 radical (unpaired) electrons. The average Bonchev–Trinajstić information content (AvgIpc) is 2.37. The van der Waals surface area contributed by atoms with Crippen molar-refractivity contribution in [3.05, 3.63) is 0 Å². The van der Waals surface area contributed by atoms with Crippen LogP contribution < -0.4 is 5.32 Å². The van der Waals surface area contributed by atoms with Crippen LogP contribution in [0.4, 0.5) is 0 Å². The van der Waals surface area contributed by atoms with Gasteiger partial charge in [0.05, 0.1) is 0 Å². The molecule has 1 unspecified atom stereocenters. The van der Waals surface area contributed by atoms with Crippen molar-refractivity contribution in [1.82, 2.24) is 10.2 Å². The van der Waals surface area contributed by atoms with Gasteiger partial charge in [-0.15, -0.1) is 0 Å². The predicted molar refractivity (Wildman–Crippen MR) is 59.9 cm³/mol. The molecule has 2 amide bonds. The molecule has 1 aliphatic rings. The van der Waals surface area contributed by atoms with Gasteiger partial charge in [-0.1, -0.05) is 0 Å². The highest BCUT2D eigenvalue weighted by molar-refractivity contribution is 5.89. The minimum absolute atomic E-state index is 0.00217. The van der Waals surface area contributed by atoms with E-state index in [1.165, 1.54) is 0 Å². The predicted octanol–water partition coefficient (Wildman–Crippen LogP) is 0.150. The van der Waals surface area contributed by atoms with Gasteiger partial charge in [0.15, 0.2) is 0 Å². The molecule has 1 saturated heterocycles. The summed E-state index contributed by atoms with van der Waals surface area (Å²) in [6, 6.07) is -0.401. The summed E-state index contributed by atoms with van der Waals surface area (Å²) in [6.07, 6.45) is 1.21. The molecule has 92 valence electrons. The van der Waals surface area contributed by atoms with E-state index in [0.717, 1.165) is 6.42 Å². The van der Waals surface area contributed by atoms with Crippen LogP contribution in [0.1, 0.15) is 26.7 Å². The van der Waals surface area contributed by atoms with Crippen molar-refractivity contribution in [2.45, 2.75) is 32.7 Å². The molecule has 0 saturated carbocycles. The fraction of sp³-hybridized carbons (Fsp3) is 0.818. The Hall–Kier alpha value is -1.10. The highest BCUT2D eigenvalue weighted by Gasteiger charge is 2.25. The second kappa shape index (κ2) is 6.48. The summed E-state index contributed by atoms with van der Waals surface area (Å²) in [6.45, 7) is 6.21. The van der Waals surface area contributed by atoms with Crippen molar-refractivity contribution in [2.24, 2.45) is 0 Å². The Morgan fingerprint density at radius 3 is 2.94 bits per heavy atom. The number of amides is 2. The molecule has 5 nitrogen and oxygen atoms in total. The number of nitrogens with one attached hydrogen (secondary N) is 1. The first kappa shape index (κ1) is 13.0. The lowest BCUT2D eigenvalue weighted by atomic mass is 10.3. The van der Waals surface area contributed by atoms with Crippen molar-refractivity contribution in [1.29, 1.82) is 0 Å². The van der Waals surface area contributed by atoms with E-state index in [1.807, 2.05) is 6.92 Å². The lowest BCUT2D eigenvalue weighted by Crippen LogP contribution is -2.43. The third-order valence-corrected chi connectivity index (χ3v) is 2.59. The van der Waals surface area contributed by atoms with Gasteiger partial charge < -0.3 is 15.0 Å². The maximum Gasteiger partial charge on any atom is 0.244 e. The molecule has 0 spiro atoms. The minimum Gasteiger partial charge on any atom is -0.382 e. The van der Waals surface area contributed by atoms with Gasteiger partial charge in [0.1, 0.15) is 6.04 Å². The van der Waals surface area contributed by atoms with E-state index in [1.54, 1.807) is 11.8 Å². The zero-order chi connectivity index (χ0) is 12.0. The van der Waals surface area contributed by atoms with E-state index in [4.69, 9.17) is 4.74 Å². The molecule has 0 aromatic carbocycles. The molecule has 1 rings (SSSR count). The molecule has 0 aromatic heterocycles. The maximum absolute atomic E-state index is 11.8. The summed E-state index contributed by atoms with van der Waals surface area (Å²) in [5.41, 5.74) is 0. The average molecular weight is 228 g/mol. The lowest BCUT2D eigenvalue weighted by Gasteiger charge is -2.22. The lowest BCUT2D eigenvalue weighted by molar-refractivity contribution is -0.133. The van der Waals surface area contributed by atoms with Crippen LogP contribution in [0.25, 0.3) is 0 Å². The SMILES string of the molecule is CCOCCCN1CCC(=O)NC(C)C1=O. The Morgan fingerprint density at radius 1 is 1.50 bits per heavy atom. The van der Waals surface area contributed by atoms with Crippen LogP contribution in [0.15, 0.2) is 0 Å². The first-order chi connectivity index (χ1) is 7.65. The van der Waals surface area contributed by atoms with Crippen LogP contribution >= 0.6 is 0 Å². The van der Waals surface area contributed by atoms with Crippen molar-refractivity contribution in [3.8, 4) is 0 Å². The minimum atomic E-state index is -0.401. The standard InChI is InChI=1S/C11H20N2O3/c1-3-16-8-4-6-13-7-5-10(14)12-9(2)11(13)15/h9H,3-8H2,1-2H3,(H,12,14). The van der Waals surface area contributed by atoms with Crippen LogP contribution in [0.3, 0.4) is 0 Å². The molecule has 1 fully saturated rings. The van der Waals surface area contributed by atoms with Gasteiger partial charge in [0.2, 0.25) is 11.8 Å². The van der Waals surface area contributed by atoms with Crippen LogP contribution in [0.5, 0.6) is 0 Å². The van der Waals surface area contributed by atoms with E-state index in [2.05, 4.69) is 5.32 Å². The van der Waals surface area contributed by atoms with Gasteiger partial charge in [-0.3, -0.25) is 9.59 Å². The second-order valence-corrected chi connectivity index (χ2v) is 3.91. The van der Waals surface area contributed by atoms with Gasteiger partial charge in [0, 0.05) is 32.7 Å². The maximum atomic E-state index is 11.8. The van der Waals surface area contributed by atoms with Gasteiger partial charge in [0.25, 0.3) is 0 Å². The Morgan fingerprint density at radius 2 is 2.25 bits per heavy atom. The number of ether oxygens (including phenoxy) is 1. The van der Waals surface area contributed by atoms with E-state index >= 15 is 0 Å². The normalized spacial score (nSPS) is 21.9. The highest BCUT2D eigenvalue weighted by atomic mass is 16.5. The zero-order valence-corrected chi connectivity index (χ0v) is 9.99. The second-order valence-electron chi connectivity index (χ2n) is 3.91. The van der Waals surface area contributed by atoms with Crippen LogP contribution in [0, 0.1) is 0 Å². The number of hydrogen-bond donors (Lipinski definition) is 1. The van der Waals surface area contributed by atoms with Gasteiger partial charge in [-0.25, -0.2) is 0 Å². The van der Waals surface area contributed by atoms with Crippen molar-refractivity contribution in [2.75, 3.05) is 26.3 Å².